The lowest BCUT2D eigenvalue weighted by atomic mass is 9.86. The summed E-state index contributed by atoms with van der Waals surface area (Å²) in [5.74, 6) is 4.94. The topological polar surface area (TPSA) is 6.48 Å². The van der Waals surface area contributed by atoms with Gasteiger partial charge in [-0.25, -0.2) is 3.11 Å². The van der Waals surface area contributed by atoms with Gasteiger partial charge in [-0.2, -0.15) is 0 Å². The van der Waals surface area contributed by atoms with Crippen LogP contribution in [-0.2, 0) is 0 Å². The fraction of sp³-hybridized carbons (Fsp3) is 1.00. The molecule has 0 aromatic heterocycles. The van der Waals surface area contributed by atoms with Crippen molar-refractivity contribution in [1.82, 2.24) is 8.01 Å². The van der Waals surface area contributed by atoms with Gasteiger partial charge in [0.1, 0.15) is 0 Å². The SMILES string of the molecule is CC(C)C1CCN(CC2CC3CN(I)CC3C2)CC1. The van der Waals surface area contributed by atoms with Gasteiger partial charge in [0.25, 0.3) is 0 Å². The van der Waals surface area contributed by atoms with Crippen LogP contribution in [0.4, 0.5) is 0 Å². The average molecular weight is 376 g/mol. The van der Waals surface area contributed by atoms with E-state index >= 15 is 0 Å². The van der Waals surface area contributed by atoms with Crippen molar-refractivity contribution < 1.29 is 0 Å². The van der Waals surface area contributed by atoms with Gasteiger partial charge in [-0.1, -0.05) is 13.8 Å². The summed E-state index contributed by atoms with van der Waals surface area (Å²) in [6.07, 6.45) is 5.90. The number of hydrogen-bond donors (Lipinski definition) is 0. The second-order valence-corrected chi connectivity index (χ2v) is 8.93. The van der Waals surface area contributed by atoms with Crippen molar-refractivity contribution >= 4 is 22.9 Å². The molecule has 2 atom stereocenters. The highest BCUT2D eigenvalue weighted by atomic mass is 127. The summed E-state index contributed by atoms with van der Waals surface area (Å²) in [7, 11) is 0. The quantitative estimate of drug-likeness (QED) is 0.548. The predicted molar refractivity (Wildman–Crippen MR) is 89.3 cm³/mol. The lowest BCUT2D eigenvalue weighted by Gasteiger charge is -2.35. The largest absolute Gasteiger partial charge is 0.303 e. The fourth-order valence-electron chi connectivity index (χ4n) is 4.68. The summed E-state index contributed by atoms with van der Waals surface area (Å²) in [6, 6.07) is 0. The summed E-state index contributed by atoms with van der Waals surface area (Å²) < 4.78 is 2.51. The third-order valence-corrected chi connectivity index (χ3v) is 6.68. The fourth-order valence-corrected chi connectivity index (χ4v) is 5.70. The number of halogens is 1. The van der Waals surface area contributed by atoms with E-state index in [0.717, 1.165) is 29.6 Å². The number of likely N-dealkylation sites (tertiary alicyclic amines) is 1. The highest BCUT2D eigenvalue weighted by Gasteiger charge is 2.40. The zero-order valence-corrected chi connectivity index (χ0v) is 14.7. The van der Waals surface area contributed by atoms with Crippen LogP contribution in [0.25, 0.3) is 0 Å². The predicted octanol–water partition coefficient (Wildman–Crippen LogP) is 3.66. The monoisotopic (exact) mass is 376 g/mol. The van der Waals surface area contributed by atoms with Gasteiger partial charge in [-0.3, -0.25) is 0 Å². The van der Waals surface area contributed by atoms with Crippen molar-refractivity contribution in [2.75, 3.05) is 32.7 Å². The Balaban J connectivity index is 1.42. The normalized spacial score (nSPS) is 38.2. The first-order chi connectivity index (χ1) is 9.11. The molecule has 0 aromatic rings. The number of hydrogen-bond acceptors (Lipinski definition) is 2. The third kappa shape index (κ3) is 3.46. The van der Waals surface area contributed by atoms with E-state index in [1.54, 1.807) is 0 Å². The summed E-state index contributed by atoms with van der Waals surface area (Å²) in [6.45, 7) is 11.6. The number of fused-ring (bicyclic) bond motifs is 1. The molecule has 3 rings (SSSR count). The molecule has 0 N–H and O–H groups in total. The number of nitrogens with zero attached hydrogens (tertiary/aromatic N) is 2. The van der Waals surface area contributed by atoms with Gasteiger partial charge < -0.3 is 4.90 Å². The molecule has 1 saturated carbocycles. The van der Waals surface area contributed by atoms with Gasteiger partial charge in [0.2, 0.25) is 0 Å². The first kappa shape index (κ1) is 14.6. The maximum atomic E-state index is 2.77. The Morgan fingerprint density at radius 2 is 1.63 bits per heavy atom. The van der Waals surface area contributed by atoms with Crippen LogP contribution in [0.1, 0.15) is 39.5 Å². The molecule has 19 heavy (non-hydrogen) atoms. The zero-order valence-electron chi connectivity index (χ0n) is 12.5. The van der Waals surface area contributed by atoms with Crippen LogP contribution in [0.15, 0.2) is 0 Å². The number of piperidine rings is 1. The van der Waals surface area contributed by atoms with Gasteiger partial charge in [0.05, 0.1) is 0 Å². The maximum absolute atomic E-state index is 2.77. The van der Waals surface area contributed by atoms with E-state index in [9.17, 15) is 0 Å². The lowest BCUT2D eigenvalue weighted by Crippen LogP contribution is -2.38. The second-order valence-electron chi connectivity index (χ2n) is 7.57. The van der Waals surface area contributed by atoms with Crippen molar-refractivity contribution in [2.45, 2.75) is 39.5 Å². The van der Waals surface area contributed by atoms with E-state index in [4.69, 9.17) is 0 Å². The van der Waals surface area contributed by atoms with Crippen molar-refractivity contribution in [2.24, 2.45) is 29.6 Å². The first-order valence-electron chi connectivity index (χ1n) is 8.25. The summed E-state index contributed by atoms with van der Waals surface area (Å²) >= 11 is 2.51. The molecular formula is C16H29IN2. The molecule has 1 aliphatic carbocycles. The van der Waals surface area contributed by atoms with Crippen LogP contribution in [0.2, 0.25) is 0 Å². The molecule has 110 valence electrons. The second kappa shape index (κ2) is 6.18. The molecule has 0 spiro atoms. The summed E-state index contributed by atoms with van der Waals surface area (Å²) in [5.41, 5.74) is 0. The molecule has 2 unspecified atom stereocenters. The summed E-state index contributed by atoms with van der Waals surface area (Å²) in [4.78, 5) is 2.77. The van der Waals surface area contributed by atoms with E-state index in [-0.39, 0.29) is 0 Å². The molecule has 2 nitrogen and oxygen atoms in total. The third-order valence-electron chi connectivity index (χ3n) is 5.90. The Morgan fingerprint density at radius 3 is 2.16 bits per heavy atom. The van der Waals surface area contributed by atoms with Crippen molar-refractivity contribution in [1.29, 1.82) is 0 Å². The van der Waals surface area contributed by atoms with Crippen molar-refractivity contribution in [3.8, 4) is 0 Å². The minimum Gasteiger partial charge on any atom is -0.303 e. The molecule has 0 amide bonds. The van der Waals surface area contributed by atoms with E-state index in [2.05, 4.69) is 44.7 Å². The molecule has 2 aliphatic heterocycles. The van der Waals surface area contributed by atoms with Gasteiger partial charge in [-0.05, 0) is 68.4 Å². The maximum Gasteiger partial charge on any atom is 0.0201 e. The van der Waals surface area contributed by atoms with Crippen molar-refractivity contribution in [3.63, 3.8) is 0 Å². The molecule has 0 bridgehead atoms. The molecule has 0 radical (unpaired) electrons. The molecule has 2 saturated heterocycles. The van der Waals surface area contributed by atoms with Crippen LogP contribution >= 0.6 is 22.9 Å². The van der Waals surface area contributed by atoms with E-state index < -0.39 is 0 Å². The van der Waals surface area contributed by atoms with Gasteiger partial charge >= 0.3 is 0 Å². The molecule has 3 aliphatic rings. The molecule has 3 heteroatoms. The Labute approximate surface area is 132 Å². The van der Waals surface area contributed by atoms with Crippen LogP contribution < -0.4 is 0 Å². The molecule has 0 aromatic carbocycles. The Bertz CT molecular complexity index is 285. The van der Waals surface area contributed by atoms with Gasteiger partial charge in [0, 0.05) is 42.5 Å². The minimum absolute atomic E-state index is 0.891. The number of rotatable bonds is 3. The minimum atomic E-state index is 0.891. The molecule has 2 heterocycles. The molecular weight excluding hydrogens is 347 g/mol. The van der Waals surface area contributed by atoms with E-state index in [1.165, 1.54) is 58.4 Å². The van der Waals surface area contributed by atoms with E-state index in [0.29, 0.717) is 0 Å². The highest BCUT2D eigenvalue weighted by Crippen LogP contribution is 2.43. The standard InChI is InChI=1S/C16H29IN2/c1-12(2)14-3-5-18(6-4-14)9-13-7-15-10-19(17)11-16(15)8-13/h12-16H,3-11H2,1-2H3. The van der Waals surface area contributed by atoms with Crippen molar-refractivity contribution in [3.05, 3.63) is 0 Å². The Hall–Kier alpha value is 0.650. The van der Waals surface area contributed by atoms with Crippen LogP contribution in [0.5, 0.6) is 0 Å². The molecule has 3 fully saturated rings. The highest BCUT2D eigenvalue weighted by molar-refractivity contribution is 14.1. The van der Waals surface area contributed by atoms with Crippen LogP contribution in [0, 0.1) is 29.6 Å². The first-order valence-corrected chi connectivity index (χ1v) is 9.21. The van der Waals surface area contributed by atoms with Crippen LogP contribution in [-0.4, -0.2) is 40.7 Å². The average Bonchev–Trinajstić information content (AvgIpc) is 2.86. The summed E-state index contributed by atoms with van der Waals surface area (Å²) in [5, 5.41) is 0. The Morgan fingerprint density at radius 1 is 1.05 bits per heavy atom. The van der Waals surface area contributed by atoms with E-state index in [1.807, 2.05) is 0 Å². The van der Waals surface area contributed by atoms with Crippen LogP contribution in [0.3, 0.4) is 0 Å². The Kier molecular flexibility index (Phi) is 4.75. The van der Waals surface area contributed by atoms with Gasteiger partial charge in [0.15, 0.2) is 0 Å². The smallest absolute Gasteiger partial charge is 0.0201 e. The lowest BCUT2D eigenvalue weighted by molar-refractivity contribution is 0.138. The van der Waals surface area contributed by atoms with Gasteiger partial charge in [-0.15, -0.1) is 0 Å². The zero-order chi connectivity index (χ0) is 13.4.